The van der Waals surface area contributed by atoms with Gasteiger partial charge in [-0.15, -0.1) is 0 Å². The lowest BCUT2D eigenvalue weighted by molar-refractivity contribution is -0.140. The van der Waals surface area contributed by atoms with Crippen LogP contribution in [0.3, 0.4) is 0 Å². The van der Waals surface area contributed by atoms with Gasteiger partial charge in [0.2, 0.25) is 21.8 Å². The second-order valence-electron chi connectivity index (χ2n) is 9.58. The first-order valence-electron chi connectivity index (χ1n) is 13.1. The number of carbonyl (C=O) groups excluding carboxylic acids is 2. The van der Waals surface area contributed by atoms with Crippen LogP contribution in [0.5, 0.6) is 0 Å². The minimum absolute atomic E-state index is 0.139. The molecule has 0 spiro atoms. The monoisotopic (exact) mass is 547 g/mol. The number of carbonyl (C=O) groups is 2. The normalized spacial score (nSPS) is 14.9. The van der Waals surface area contributed by atoms with Crippen LogP contribution in [0, 0.1) is 0 Å². The van der Waals surface area contributed by atoms with E-state index < -0.39 is 16.1 Å². The predicted octanol–water partition coefficient (Wildman–Crippen LogP) is 4.78. The van der Waals surface area contributed by atoms with E-state index in [0.717, 1.165) is 43.2 Å². The second-order valence-corrected chi connectivity index (χ2v) is 12.0. The summed E-state index contributed by atoms with van der Waals surface area (Å²) >= 11 is 6.02. The van der Waals surface area contributed by atoms with Gasteiger partial charge >= 0.3 is 0 Å². The van der Waals surface area contributed by atoms with E-state index in [1.807, 2.05) is 12.1 Å². The smallest absolute Gasteiger partial charge is 0.243 e. The van der Waals surface area contributed by atoms with Gasteiger partial charge in [0, 0.05) is 37.6 Å². The molecule has 3 rings (SSSR count). The zero-order chi connectivity index (χ0) is 26.8. The third-order valence-corrected chi connectivity index (χ3v) is 8.93. The van der Waals surface area contributed by atoms with Gasteiger partial charge < -0.3 is 10.2 Å². The van der Waals surface area contributed by atoms with Gasteiger partial charge in [-0.25, -0.2) is 8.42 Å². The zero-order valence-electron chi connectivity index (χ0n) is 21.8. The van der Waals surface area contributed by atoms with E-state index in [2.05, 4.69) is 12.2 Å². The van der Waals surface area contributed by atoms with Gasteiger partial charge in [0.25, 0.3) is 0 Å². The molecule has 202 valence electrons. The van der Waals surface area contributed by atoms with Crippen LogP contribution in [0.1, 0.15) is 63.5 Å². The molecular formula is C28H38ClN3O4S. The fraction of sp³-hybridized carbons (Fsp3) is 0.500. The van der Waals surface area contributed by atoms with Gasteiger partial charge in [0.05, 0.1) is 4.90 Å². The van der Waals surface area contributed by atoms with Crippen molar-refractivity contribution in [2.75, 3.05) is 19.6 Å². The van der Waals surface area contributed by atoms with Gasteiger partial charge in [0.1, 0.15) is 6.04 Å². The number of nitrogens with one attached hydrogen (secondary N) is 1. The van der Waals surface area contributed by atoms with E-state index in [-0.39, 0.29) is 23.1 Å². The Morgan fingerprint density at radius 3 is 2.24 bits per heavy atom. The number of benzene rings is 2. The molecule has 2 aromatic rings. The Morgan fingerprint density at radius 1 is 1.00 bits per heavy atom. The SMILES string of the molecule is CCCCCNC(=O)C(C)N(Cc1ccc(Cl)cc1)C(=O)CCc1ccc(S(=O)(=O)N2CCCC2)cc1. The number of unbranched alkanes of at least 4 members (excludes halogenated alkanes) is 2. The molecule has 1 unspecified atom stereocenters. The van der Waals surface area contributed by atoms with E-state index in [4.69, 9.17) is 11.6 Å². The molecule has 1 saturated heterocycles. The quantitative estimate of drug-likeness (QED) is 0.366. The standard InChI is InChI=1S/C28H38ClN3O4S/c1-3-4-5-18-30-28(34)22(2)32(21-24-8-13-25(29)14-9-24)27(33)17-12-23-10-15-26(16-11-23)37(35,36)31-19-6-7-20-31/h8-11,13-16,22H,3-7,12,17-21H2,1-2H3,(H,30,34). The molecule has 1 aliphatic heterocycles. The molecule has 0 aliphatic carbocycles. The Kier molecular flexibility index (Phi) is 11.0. The highest BCUT2D eigenvalue weighted by atomic mass is 35.5. The molecule has 0 bridgehead atoms. The van der Waals surface area contributed by atoms with Crippen molar-refractivity contribution in [2.24, 2.45) is 0 Å². The fourth-order valence-electron chi connectivity index (χ4n) is 4.40. The average Bonchev–Trinajstić information content (AvgIpc) is 3.45. The van der Waals surface area contributed by atoms with E-state index in [0.29, 0.717) is 37.6 Å². The fourth-order valence-corrected chi connectivity index (χ4v) is 6.05. The molecule has 9 heteroatoms. The van der Waals surface area contributed by atoms with Crippen molar-refractivity contribution in [2.45, 2.75) is 76.3 Å². The van der Waals surface area contributed by atoms with Gasteiger partial charge in [0.15, 0.2) is 0 Å². The predicted molar refractivity (Wildman–Crippen MR) is 147 cm³/mol. The summed E-state index contributed by atoms with van der Waals surface area (Å²) in [5.41, 5.74) is 1.76. The lowest BCUT2D eigenvalue weighted by Gasteiger charge is -2.29. The third kappa shape index (κ3) is 8.28. The highest BCUT2D eigenvalue weighted by Gasteiger charge is 2.28. The Morgan fingerprint density at radius 2 is 1.62 bits per heavy atom. The lowest BCUT2D eigenvalue weighted by atomic mass is 10.1. The molecule has 1 atom stereocenters. The number of amides is 2. The minimum Gasteiger partial charge on any atom is -0.354 e. The Balaban J connectivity index is 1.66. The summed E-state index contributed by atoms with van der Waals surface area (Å²) in [6, 6.07) is 13.4. The largest absolute Gasteiger partial charge is 0.354 e. The maximum Gasteiger partial charge on any atom is 0.243 e. The molecule has 0 radical (unpaired) electrons. The van der Waals surface area contributed by atoms with Crippen molar-refractivity contribution < 1.29 is 18.0 Å². The van der Waals surface area contributed by atoms with Gasteiger partial charge in [-0.3, -0.25) is 9.59 Å². The Hall–Kier alpha value is -2.42. The number of sulfonamides is 1. The molecule has 37 heavy (non-hydrogen) atoms. The van der Waals surface area contributed by atoms with Crippen molar-refractivity contribution >= 4 is 33.4 Å². The second kappa shape index (κ2) is 13.9. The molecule has 1 heterocycles. The summed E-state index contributed by atoms with van der Waals surface area (Å²) in [4.78, 5) is 28.0. The maximum absolute atomic E-state index is 13.3. The third-order valence-electron chi connectivity index (χ3n) is 6.77. The van der Waals surface area contributed by atoms with Crippen molar-refractivity contribution in [3.05, 3.63) is 64.7 Å². The van der Waals surface area contributed by atoms with Crippen LogP contribution in [0.25, 0.3) is 0 Å². The molecule has 1 fully saturated rings. The molecule has 7 nitrogen and oxygen atoms in total. The van der Waals surface area contributed by atoms with Crippen molar-refractivity contribution in [3.63, 3.8) is 0 Å². The maximum atomic E-state index is 13.3. The number of hydrogen-bond acceptors (Lipinski definition) is 4. The summed E-state index contributed by atoms with van der Waals surface area (Å²) in [6.45, 7) is 5.87. The Labute approximate surface area is 226 Å². The topological polar surface area (TPSA) is 86.8 Å². The number of aryl methyl sites for hydroxylation is 1. The van der Waals surface area contributed by atoms with Crippen LogP contribution in [0.15, 0.2) is 53.4 Å². The Bertz CT molecular complexity index is 1130. The zero-order valence-corrected chi connectivity index (χ0v) is 23.4. The molecular weight excluding hydrogens is 510 g/mol. The number of halogens is 1. The molecule has 1 N–H and O–H groups in total. The van der Waals surface area contributed by atoms with Crippen LogP contribution in [-0.2, 0) is 32.6 Å². The van der Waals surface area contributed by atoms with E-state index in [1.165, 1.54) is 4.31 Å². The van der Waals surface area contributed by atoms with Crippen molar-refractivity contribution in [1.29, 1.82) is 0 Å². The summed E-state index contributed by atoms with van der Waals surface area (Å²) < 4.78 is 27.1. The van der Waals surface area contributed by atoms with Gasteiger partial charge in [-0.2, -0.15) is 4.31 Å². The van der Waals surface area contributed by atoms with E-state index in [1.54, 1.807) is 48.2 Å². The molecule has 2 amide bonds. The first-order valence-corrected chi connectivity index (χ1v) is 14.9. The summed E-state index contributed by atoms with van der Waals surface area (Å²) in [5, 5.41) is 3.56. The first kappa shape index (κ1) is 29.1. The van der Waals surface area contributed by atoms with Crippen LogP contribution < -0.4 is 5.32 Å². The van der Waals surface area contributed by atoms with Crippen LogP contribution in [0.2, 0.25) is 5.02 Å². The molecule has 0 aromatic heterocycles. The molecule has 0 saturated carbocycles. The highest BCUT2D eigenvalue weighted by molar-refractivity contribution is 7.89. The molecule has 1 aliphatic rings. The van der Waals surface area contributed by atoms with Crippen molar-refractivity contribution in [1.82, 2.24) is 14.5 Å². The van der Waals surface area contributed by atoms with E-state index >= 15 is 0 Å². The van der Waals surface area contributed by atoms with Crippen molar-refractivity contribution in [3.8, 4) is 0 Å². The summed E-state index contributed by atoms with van der Waals surface area (Å²) in [5.74, 6) is -0.310. The molecule has 2 aromatic carbocycles. The number of nitrogens with zero attached hydrogens (tertiary/aromatic N) is 2. The summed E-state index contributed by atoms with van der Waals surface area (Å²) in [7, 11) is -3.47. The van der Waals surface area contributed by atoms with E-state index in [9.17, 15) is 18.0 Å². The number of rotatable bonds is 13. The van der Waals surface area contributed by atoms with Gasteiger partial charge in [-0.1, -0.05) is 55.6 Å². The highest BCUT2D eigenvalue weighted by Crippen LogP contribution is 2.22. The first-order chi connectivity index (χ1) is 17.7. The van der Waals surface area contributed by atoms with Crippen LogP contribution >= 0.6 is 11.6 Å². The van der Waals surface area contributed by atoms with Crippen LogP contribution in [0.4, 0.5) is 0 Å². The average molecular weight is 548 g/mol. The lowest BCUT2D eigenvalue weighted by Crippen LogP contribution is -2.47. The van der Waals surface area contributed by atoms with Crippen LogP contribution in [-0.4, -0.2) is 55.1 Å². The van der Waals surface area contributed by atoms with Gasteiger partial charge in [-0.05, 0) is 68.0 Å². The summed E-state index contributed by atoms with van der Waals surface area (Å²) in [6.07, 6.45) is 5.45. The minimum atomic E-state index is -3.47. The number of hydrogen-bond donors (Lipinski definition) is 1.